The van der Waals surface area contributed by atoms with E-state index in [2.05, 4.69) is 4.98 Å². The van der Waals surface area contributed by atoms with Crippen LogP contribution in [0.25, 0.3) is 0 Å². The van der Waals surface area contributed by atoms with Gasteiger partial charge in [0, 0.05) is 12.4 Å². The largest absolute Gasteiger partial charge is 0.444 e. The van der Waals surface area contributed by atoms with E-state index in [-0.39, 0.29) is 13.3 Å². The van der Waals surface area contributed by atoms with E-state index < -0.39 is 21.9 Å². The van der Waals surface area contributed by atoms with Crippen LogP contribution in [0.4, 0.5) is 4.79 Å². The molecule has 0 bridgehead atoms. The van der Waals surface area contributed by atoms with Gasteiger partial charge < -0.3 is 4.74 Å². The number of ether oxygens (including phenoxy) is 1. The molecule has 1 aliphatic heterocycles. The Morgan fingerprint density at radius 2 is 1.95 bits per heavy atom. The van der Waals surface area contributed by atoms with Crippen LogP contribution in [0.15, 0.2) is 18.7 Å². The first-order valence-corrected chi connectivity index (χ1v) is 7.06. The number of rotatable bonds is 2. The van der Waals surface area contributed by atoms with E-state index in [1.807, 2.05) is 0 Å². The molecule has 0 radical (unpaired) electrons. The molecule has 1 aromatic heterocycles. The number of carbonyl (C=O) groups excluding carboxylic acids is 1. The minimum atomic E-state index is -3.63. The van der Waals surface area contributed by atoms with Crippen LogP contribution in [0.5, 0.6) is 0 Å². The maximum Gasteiger partial charge on any atom is 0.412 e. The molecule has 1 fully saturated rings. The lowest BCUT2D eigenvalue weighted by Crippen LogP contribution is -2.61. The molecule has 8 nitrogen and oxygen atoms in total. The minimum Gasteiger partial charge on any atom is -0.444 e. The summed E-state index contributed by atoms with van der Waals surface area (Å²) in [6.45, 7) is 5.23. The summed E-state index contributed by atoms with van der Waals surface area (Å²) in [5.74, 6) is 0. The number of hydrogen-bond donors (Lipinski definition) is 0. The summed E-state index contributed by atoms with van der Waals surface area (Å²) in [7, 11) is -3.63. The summed E-state index contributed by atoms with van der Waals surface area (Å²) in [6.07, 6.45) is 3.39. The Hall–Kier alpha value is -1.61. The molecule has 0 spiro atoms. The number of amides is 1. The zero-order valence-corrected chi connectivity index (χ0v) is 11.8. The molecule has 0 unspecified atom stereocenters. The van der Waals surface area contributed by atoms with E-state index in [0.717, 1.165) is 8.28 Å². The van der Waals surface area contributed by atoms with Crippen molar-refractivity contribution in [2.45, 2.75) is 26.4 Å². The zero-order chi connectivity index (χ0) is 14.3. The molecule has 1 aliphatic rings. The molecular formula is C10H16N4O4S. The molecule has 1 amide bonds. The van der Waals surface area contributed by atoms with Crippen molar-refractivity contribution in [3.05, 3.63) is 18.7 Å². The second kappa shape index (κ2) is 4.49. The smallest absolute Gasteiger partial charge is 0.412 e. The van der Waals surface area contributed by atoms with Crippen molar-refractivity contribution in [3.8, 4) is 0 Å². The van der Waals surface area contributed by atoms with Gasteiger partial charge in [0.2, 0.25) is 0 Å². The Labute approximate surface area is 111 Å². The van der Waals surface area contributed by atoms with Crippen molar-refractivity contribution in [3.63, 3.8) is 0 Å². The van der Waals surface area contributed by atoms with Crippen molar-refractivity contribution in [2.24, 2.45) is 0 Å². The number of carbonyl (C=O) groups is 1. The molecule has 19 heavy (non-hydrogen) atoms. The lowest BCUT2D eigenvalue weighted by Gasteiger charge is -2.41. The zero-order valence-electron chi connectivity index (χ0n) is 11.0. The first-order valence-electron chi connectivity index (χ1n) is 5.67. The summed E-state index contributed by atoms with van der Waals surface area (Å²) < 4.78 is 31.3. The van der Waals surface area contributed by atoms with E-state index in [0.29, 0.717) is 0 Å². The molecule has 0 aromatic carbocycles. The third-order valence-corrected chi connectivity index (χ3v) is 4.01. The molecule has 0 aliphatic carbocycles. The van der Waals surface area contributed by atoms with Gasteiger partial charge in [-0.15, -0.1) is 4.31 Å². The predicted octanol–water partition coefficient (Wildman–Crippen LogP) is 0.444. The highest BCUT2D eigenvalue weighted by molar-refractivity contribution is 7.87. The predicted molar refractivity (Wildman–Crippen MR) is 66.2 cm³/mol. The third-order valence-electron chi connectivity index (χ3n) is 2.38. The first-order chi connectivity index (χ1) is 8.70. The van der Waals surface area contributed by atoms with Crippen LogP contribution in [0.2, 0.25) is 0 Å². The number of nitrogens with zero attached hydrogens (tertiary/aromatic N) is 4. The lowest BCUT2D eigenvalue weighted by molar-refractivity contribution is -0.0197. The Bertz CT molecular complexity index is 555. The van der Waals surface area contributed by atoms with Gasteiger partial charge in [-0.2, -0.15) is 8.42 Å². The normalized spacial score (nSPS) is 17.1. The van der Waals surface area contributed by atoms with Gasteiger partial charge in [-0.1, -0.05) is 0 Å². The Kier molecular flexibility index (Phi) is 3.27. The fourth-order valence-electron chi connectivity index (χ4n) is 1.44. The van der Waals surface area contributed by atoms with Crippen LogP contribution in [0.3, 0.4) is 0 Å². The van der Waals surface area contributed by atoms with Crippen molar-refractivity contribution in [1.29, 1.82) is 0 Å². The van der Waals surface area contributed by atoms with E-state index in [1.54, 1.807) is 20.8 Å². The number of aromatic nitrogens is 2. The molecule has 1 aromatic rings. The van der Waals surface area contributed by atoms with Crippen molar-refractivity contribution >= 4 is 16.3 Å². The summed E-state index contributed by atoms with van der Waals surface area (Å²) in [5.41, 5.74) is -0.597. The second-order valence-corrected chi connectivity index (χ2v) is 6.99. The molecule has 9 heteroatoms. The SMILES string of the molecule is CC(C)(C)OC(=O)N1CN(S(=O)(=O)n2ccnc2)C1. The van der Waals surface area contributed by atoms with Gasteiger partial charge in [0.05, 0.1) is 13.3 Å². The highest BCUT2D eigenvalue weighted by Gasteiger charge is 2.39. The van der Waals surface area contributed by atoms with Crippen LogP contribution in [0, 0.1) is 0 Å². The molecule has 1 saturated heterocycles. The van der Waals surface area contributed by atoms with Crippen molar-refractivity contribution in [2.75, 3.05) is 13.3 Å². The summed E-state index contributed by atoms with van der Waals surface area (Å²) in [5, 5.41) is 0. The lowest BCUT2D eigenvalue weighted by atomic mass is 10.2. The van der Waals surface area contributed by atoms with E-state index in [4.69, 9.17) is 4.74 Å². The fraction of sp³-hybridized carbons (Fsp3) is 0.600. The van der Waals surface area contributed by atoms with Crippen LogP contribution < -0.4 is 0 Å². The Morgan fingerprint density at radius 1 is 1.32 bits per heavy atom. The van der Waals surface area contributed by atoms with Crippen LogP contribution >= 0.6 is 0 Å². The summed E-state index contributed by atoms with van der Waals surface area (Å²) >= 11 is 0. The maximum atomic E-state index is 12.0. The van der Waals surface area contributed by atoms with Gasteiger partial charge in [0.25, 0.3) is 0 Å². The molecule has 0 atom stereocenters. The summed E-state index contributed by atoms with van der Waals surface area (Å²) in [4.78, 5) is 16.7. The van der Waals surface area contributed by atoms with E-state index >= 15 is 0 Å². The molecule has 0 N–H and O–H groups in total. The highest BCUT2D eigenvalue weighted by Crippen LogP contribution is 2.19. The van der Waals surface area contributed by atoms with Gasteiger partial charge in [-0.25, -0.2) is 13.8 Å². The fourth-order valence-corrected chi connectivity index (χ4v) is 2.66. The van der Waals surface area contributed by atoms with E-state index in [9.17, 15) is 13.2 Å². The van der Waals surface area contributed by atoms with Gasteiger partial charge in [-0.05, 0) is 20.8 Å². The van der Waals surface area contributed by atoms with Gasteiger partial charge in [-0.3, -0.25) is 4.90 Å². The average molecular weight is 288 g/mol. The van der Waals surface area contributed by atoms with Crippen LogP contribution in [-0.2, 0) is 14.9 Å². The molecule has 2 rings (SSSR count). The minimum absolute atomic E-state index is 0.0184. The topological polar surface area (TPSA) is 84.7 Å². The molecular weight excluding hydrogens is 272 g/mol. The standard InChI is InChI=1S/C10H16N4O4S/c1-10(2,3)18-9(15)12-7-14(8-12)19(16,17)13-5-4-11-6-13/h4-6H,7-8H2,1-3H3. The van der Waals surface area contributed by atoms with Gasteiger partial charge in [0.1, 0.15) is 11.9 Å². The molecule has 2 heterocycles. The van der Waals surface area contributed by atoms with E-state index in [1.165, 1.54) is 23.6 Å². The highest BCUT2D eigenvalue weighted by atomic mass is 32.2. The number of hydrogen-bond acceptors (Lipinski definition) is 5. The first kappa shape index (κ1) is 13.8. The van der Waals surface area contributed by atoms with Gasteiger partial charge >= 0.3 is 16.3 Å². The molecule has 106 valence electrons. The number of imidazole rings is 1. The van der Waals surface area contributed by atoms with Crippen LogP contribution in [0.1, 0.15) is 20.8 Å². The third kappa shape index (κ3) is 2.87. The maximum absolute atomic E-state index is 12.0. The quantitative estimate of drug-likeness (QED) is 0.788. The van der Waals surface area contributed by atoms with Crippen molar-refractivity contribution in [1.82, 2.24) is 18.2 Å². The second-order valence-electron chi connectivity index (χ2n) is 5.16. The van der Waals surface area contributed by atoms with Gasteiger partial charge in [0.15, 0.2) is 0 Å². The Morgan fingerprint density at radius 3 is 2.42 bits per heavy atom. The van der Waals surface area contributed by atoms with Crippen LogP contribution in [-0.4, -0.2) is 51.6 Å². The summed E-state index contributed by atoms with van der Waals surface area (Å²) in [6, 6.07) is 0. The van der Waals surface area contributed by atoms with Crippen molar-refractivity contribution < 1.29 is 17.9 Å². The molecule has 0 saturated carbocycles. The monoisotopic (exact) mass is 288 g/mol. The Balaban J connectivity index is 1.95. The average Bonchev–Trinajstić information content (AvgIpc) is 2.63.